The third-order valence-electron chi connectivity index (χ3n) is 2.33. The lowest BCUT2D eigenvalue weighted by Gasteiger charge is -2.03. The van der Waals surface area contributed by atoms with Crippen LogP contribution in [0.3, 0.4) is 0 Å². The minimum absolute atomic E-state index is 0.795. The van der Waals surface area contributed by atoms with E-state index in [2.05, 4.69) is 30.9 Å². The quantitative estimate of drug-likeness (QED) is 0.685. The first kappa shape index (κ1) is 9.47. The van der Waals surface area contributed by atoms with Gasteiger partial charge in [0.15, 0.2) is 5.82 Å². The second kappa shape index (κ2) is 3.68. The Labute approximate surface area is 100 Å². The van der Waals surface area contributed by atoms with Gasteiger partial charge in [-0.1, -0.05) is 12.1 Å². The fraction of sp³-hybridized carbons (Fsp3) is 0. The van der Waals surface area contributed by atoms with Crippen molar-refractivity contribution < 1.29 is 0 Å². The monoisotopic (exact) mass is 274 g/mol. The Hall–Kier alpha value is -1.75. The molecule has 0 saturated heterocycles. The maximum absolute atomic E-state index is 4.32. The van der Waals surface area contributed by atoms with Gasteiger partial charge < -0.3 is 0 Å². The summed E-state index contributed by atoms with van der Waals surface area (Å²) in [7, 11) is 0. The smallest absolute Gasteiger partial charge is 0.156 e. The van der Waals surface area contributed by atoms with Gasteiger partial charge in [0.1, 0.15) is 12.7 Å². The van der Waals surface area contributed by atoms with Crippen molar-refractivity contribution in [3.63, 3.8) is 0 Å². The molecule has 1 aromatic carbocycles. The number of para-hydroxylation sites is 2. The Morgan fingerprint density at radius 2 is 2.00 bits per heavy atom. The molecule has 2 heterocycles. The molecule has 0 spiro atoms. The van der Waals surface area contributed by atoms with Gasteiger partial charge >= 0.3 is 0 Å². The normalized spacial score (nSPS) is 10.8. The second-order valence-corrected chi connectivity index (χ2v) is 4.15. The maximum Gasteiger partial charge on any atom is 0.156 e. The van der Waals surface area contributed by atoms with Gasteiger partial charge in [0.2, 0.25) is 0 Å². The van der Waals surface area contributed by atoms with Crippen LogP contribution in [0.5, 0.6) is 0 Å². The standard InChI is InChI=1S/C11H7BrN4/c12-8-5-13-6-14-11(8)16-7-15-9-3-1-2-4-10(9)16/h1-7H. The molecule has 0 atom stereocenters. The summed E-state index contributed by atoms with van der Waals surface area (Å²) in [5.74, 6) is 0.795. The second-order valence-electron chi connectivity index (χ2n) is 3.30. The van der Waals surface area contributed by atoms with Crippen LogP contribution in [-0.4, -0.2) is 19.5 Å². The fourth-order valence-electron chi connectivity index (χ4n) is 1.61. The fourth-order valence-corrected chi connectivity index (χ4v) is 2.02. The number of aromatic nitrogens is 4. The predicted molar refractivity (Wildman–Crippen MR) is 64.4 cm³/mol. The Balaban J connectivity index is 2.31. The maximum atomic E-state index is 4.32. The number of fused-ring (bicyclic) bond motifs is 1. The van der Waals surface area contributed by atoms with Gasteiger partial charge in [-0.05, 0) is 28.1 Å². The molecule has 78 valence electrons. The Morgan fingerprint density at radius 3 is 2.88 bits per heavy atom. The van der Waals surface area contributed by atoms with Gasteiger partial charge in [0, 0.05) is 6.20 Å². The summed E-state index contributed by atoms with van der Waals surface area (Å²) in [4.78, 5) is 12.5. The van der Waals surface area contributed by atoms with Gasteiger partial charge in [-0.15, -0.1) is 0 Å². The van der Waals surface area contributed by atoms with Crippen LogP contribution in [0.25, 0.3) is 16.9 Å². The van der Waals surface area contributed by atoms with E-state index in [0.717, 1.165) is 21.3 Å². The van der Waals surface area contributed by atoms with Crippen molar-refractivity contribution in [3.05, 3.63) is 47.6 Å². The molecule has 0 aliphatic carbocycles. The third-order valence-corrected chi connectivity index (χ3v) is 2.89. The number of nitrogens with zero attached hydrogens (tertiary/aromatic N) is 4. The lowest BCUT2D eigenvalue weighted by Crippen LogP contribution is -1.97. The molecule has 0 N–H and O–H groups in total. The van der Waals surface area contributed by atoms with E-state index in [0.29, 0.717) is 0 Å². The molecule has 2 aromatic heterocycles. The lowest BCUT2D eigenvalue weighted by atomic mass is 10.3. The Kier molecular flexibility index (Phi) is 2.18. The molecule has 5 heteroatoms. The van der Waals surface area contributed by atoms with E-state index in [1.54, 1.807) is 12.5 Å². The molecule has 3 rings (SSSR count). The van der Waals surface area contributed by atoms with E-state index in [4.69, 9.17) is 0 Å². The van der Waals surface area contributed by atoms with Gasteiger partial charge in [-0.2, -0.15) is 0 Å². The molecule has 16 heavy (non-hydrogen) atoms. The minimum atomic E-state index is 0.795. The zero-order valence-corrected chi connectivity index (χ0v) is 9.79. The van der Waals surface area contributed by atoms with Crippen molar-refractivity contribution in [2.45, 2.75) is 0 Å². The van der Waals surface area contributed by atoms with E-state index in [1.165, 1.54) is 6.33 Å². The average Bonchev–Trinajstić information content (AvgIpc) is 2.74. The number of hydrogen-bond donors (Lipinski definition) is 0. The summed E-state index contributed by atoms with van der Waals surface area (Å²) in [5.41, 5.74) is 1.98. The number of imidazole rings is 1. The zero-order chi connectivity index (χ0) is 11.0. The molecule has 0 bridgehead atoms. The molecule has 4 nitrogen and oxygen atoms in total. The molecule has 0 fully saturated rings. The van der Waals surface area contributed by atoms with Gasteiger partial charge in [-0.25, -0.2) is 15.0 Å². The van der Waals surface area contributed by atoms with E-state index >= 15 is 0 Å². The molecule has 0 unspecified atom stereocenters. The summed E-state index contributed by atoms with van der Waals surface area (Å²) in [6.07, 6.45) is 5.00. The third kappa shape index (κ3) is 1.40. The first-order valence-corrected chi connectivity index (χ1v) is 5.53. The molecule has 3 aromatic rings. The van der Waals surface area contributed by atoms with Crippen LogP contribution in [0.15, 0.2) is 47.6 Å². The van der Waals surface area contributed by atoms with Crippen LogP contribution in [0.1, 0.15) is 0 Å². The van der Waals surface area contributed by atoms with E-state index in [1.807, 2.05) is 28.8 Å². The van der Waals surface area contributed by atoms with Crippen molar-refractivity contribution in [2.24, 2.45) is 0 Å². The molecule has 0 saturated carbocycles. The van der Waals surface area contributed by atoms with Crippen molar-refractivity contribution in [1.29, 1.82) is 0 Å². The number of rotatable bonds is 1. The van der Waals surface area contributed by atoms with Crippen LogP contribution in [0.4, 0.5) is 0 Å². The van der Waals surface area contributed by atoms with Crippen LogP contribution >= 0.6 is 15.9 Å². The highest BCUT2D eigenvalue weighted by molar-refractivity contribution is 9.10. The summed E-state index contributed by atoms with van der Waals surface area (Å²) < 4.78 is 2.78. The summed E-state index contributed by atoms with van der Waals surface area (Å²) >= 11 is 3.43. The van der Waals surface area contributed by atoms with E-state index < -0.39 is 0 Å². The topological polar surface area (TPSA) is 43.6 Å². The Morgan fingerprint density at radius 1 is 1.12 bits per heavy atom. The highest BCUT2D eigenvalue weighted by atomic mass is 79.9. The largest absolute Gasteiger partial charge is 0.282 e. The number of benzene rings is 1. The van der Waals surface area contributed by atoms with Crippen LogP contribution in [0.2, 0.25) is 0 Å². The SMILES string of the molecule is Brc1cncnc1-n1cnc2ccccc21. The molecular weight excluding hydrogens is 268 g/mol. The van der Waals surface area contributed by atoms with Crippen molar-refractivity contribution >= 4 is 27.0 Å². The average molecular weight is 275 g/mol. The van der Waals surface area contributed by atoms with Crippen LogP contribution in [-0.2, 0) is 0 Å². The molecule has 0 aliphatic heterocycles. The molecule has 0 amide bonds. The van der Waals surface area contributed by atoms with Crippen molar-refractivity contribution in [3.8, 4) is 5.82 Å². The highest BCUT2D eigenvalue weighted by Gasteiger charge is 2.07. The van der Waals surface area contributed by atoms with Crippen molar-refractivity contribution in [1.82, 2.24) is 19.5 Å². The van der Waals surface area contributed by atoms with Crippen LogP contribution < -0.4 is 0 Å². The van der Waals surface area contributed by atoms with Gasteiger partial charge in [0.25, 0.3) is 0 Å². The predicted octanol–water partition coefficient (Wildman–Crippen LogP) is 2.58. The molecular formula is C11H7BrN4. The Bertz CT molecular complexity index is 647. The molecule has 0 aliphatic rings. The van der Waals surface area contributed by atoms with Crippen LogP contribution in [0, 0.1) is 0 Å². The van der Waals surface area contributed by atoms with E-state index in [-0.39, 0.29) is 0 Å². The van der Waals surface area contributed by atoms with Gasteiger partial charge in [-0.3, -0.25) is 4.57 Å². The number of hydrogen-bond acceptors (Lipinski definition) is 3. The van der Waals surface area contributed by atoms with Gasteiger partial charge in [0.05, 0.1) is 15.5 Å². The highest BCUT2D eigenvalue weighted by Crippen LogP contribution is 2.21. The summed E-state index contributed by atoms with van der Waals surface area (Å²) in [6.45, 7) is 0. The zero-order valence-electron chi connectivity index (χ0n) is 8.21. The summed E-state index contributed by atoms with van der Waals surface area (Å²) in [6, 6.07) is 7.93. The number of halogens is 1. The first-order chi connectivity index (χ1) is 7.86. The molecule has 0 radical (unpaired) electrons. The summed E-state index contributed by atoms with van der Waals surface area (Å²) in [5, 5.41) is 0. The lowest BCUT2D eigenvalue weighted by molar-refractivity contribution is 0.983. The van der Waals surface area contributed by atoms with E-state index in [9.17, 15) is 0 Å². The van der Waals surface area contributed by atoms with Crippen molar-refractivity contribution in [2.75, 3.05) is 0 Å². The minimum Gasteiger partial charge on any atom is -0.282 e. The first-order valence-electron chi connectivity index (χ1n) is 4.74.